The van der Waals surface area contributed by atoms with Gasteiger partial charge in [0.25, 0.3) is 0 Å². The summed E-state index contributed by atoms with van der Waals surface area (Å²) < 4.78 is 0. The minimum absolute atomic E-state index is 0.859. The zero-order valence-electron chi connectivity index (χ0n) is 8.88. The van der Waals surface area contributed by atoms with Gasteiger partial charge in [0.1, 0.15) is 0 Å². The second kappa shape index (κ2) is 6.68. The Bertz CT molecular complexity index is 124. The summed E-state index contributed by atoms with van der Waals surface area (Å²) >= 11 is 2.11. The van der Waals surface area contributed by atoms with Crippen LogP contribution in [0, 0.1) is 0 Å². The molecule has 0 unspecified atom stereocenters. The van der Waals surface area contributed by atoms with Gasteiger partial charge in [-0.2, -0.15) is 11.8 Å². The largest absolute Gasteiger partial charge is 0.320 e. The van der Waals surface area contributed by atoms with Crippen LogP contribution in [-0.2, 0) is 0 Å². The predicted molar refractivity (Wildman–Crippen MR) is 61.5 cm³/mol. The van der Waals surface area contributed by atoms with Gasteiger partial charge in [-0.15, -0.1) is 0 Å². The van der Waals surface area contributed by atoms with Crippen LogP contribution in [0.4, 0.5) is 0 Å². The van der Waals surface area contributed by atoms with Gasteiger partial charge in [-0.25, -0.2) is 0 Å². The van der Waals surface area contributed by atoms with E-state index in [4.69, 9.17) is 0 Å². The quantitative estimate of drug-likeness (QED) is 0.679. The van der Waals surface area contributed by atoms with E-state index in [9.17, 15) is 0 Å². The van der Waals surface area contributed by atoms with E-state index in [-0.39, 0.29) is 0 Å². The van der Waals surface area contributed by atoms with Crippen LogP contribution in [0.25, 0.3) is 0 Å². The molecule has 0 aromatic carbocycles. The Balaban J connectivity index is 2.09. The van der Waals surface area contributed by atoms with Crippen molar-refractivity contribution in [1.82, 2.24) is 10.2 Å². The lowest BCUT2D eigenvalue weighted by Gasteiger charge is -2.30. The van der Waals surface area contributed by atoms with Crippen LogP contribution in [0.15, 0.2) is 0 Å². The van der Waals surface area contributed by atoms with Crippen molar-refractivity contribution in [3.05, 3.63) is 0 Å². The van der Waals surface area contributed by atoms with Gasteiger partial charge in [0.05, 0.1) is 0 Å². The zero-order valence-corrected chi connectivity index (χ0v) is 9.70. The molecule has 1 fully saturated rings. The molecule has 2 nitrogen and oxygen atoms in total. The number of nitrogens with one attached hydrogen (secondary N) is 1. The summed E-state index contributed by atoms with van der Waals surface area (Å²) in [5, 5.41) is 3.20. The molecule has 0 amide bonds. The highest BCUT2D eigenvalue weighted by Gasteiger charge is 2.17. The van der Waals surface area contributed by atoms with Gasteiger partial charge >= 0.3 is 0 Å². The number of hydrogen-bond donors (Lipinski definition) is 1. The number of thioether (sulfide) groups is 1. The number of nitrogens with zero attached hydrogens (tertiary/aromatic N) is 1. The summed E-state index contributed by atoms with van der Waals surface area (Å²) in [6, 6.07) is 0.859. The van der Waals surface area contributed by atoms with Crippen molar-refractivity contribution >= 4 is 11.8 Å². The highest BCUT2D eigenvalue weighted by atomic mass is 32.2. The minimum atomic E-state index is 0.859. The molecular formula is C10H22N2S. The monoisotopic (exact) mass is 202 g/mol. The predicted octanol–water partition coefficient (Wildman–Crippen LogP) is 1.42. The van der Waals surface area contributed by atoms with Gasteiger partial charge < -0.3 is 10.2 Å². The molecule has 0 saturated carbocycles. The van der Waals surface area contributed by atoms with Gasteiger partial charge in [-0.05, 0) is 58.0 Å². The molecule has 3 heteroatoms. The Hall–Kier alpha value is 0.270. The summed E-state index contributed by atoms with van der Waals surface area (Å²) in [5.74, 6) is 2.72. The molecule has 0 aromatic rings. The molecule has 1 rings (SSSR count). The molecule has 1 saturated heterocycles. The maximum Gasteiger partial charge on any atom is 0.0108 e. The summed E-state index contributed by atoms with van der Waals surface area (Å²) in [7, 11) is 4.30. The van der Waals surface area contributed by atoms with Crippen LogP contribution in [0.2, 0.25) is 0 Å². The molecule has 0 spiro atoms. The number of hydrogen-bond acceptors (Lipinski definition) is 3. The molecule has 1 aliphatic heterocycles. The minimum Gasteiger partial charge on any atom is -0.320 e. The first-order valence-electron chi connectivity index (χ1n) is 5.27. The smallest absolute Gasteiger partial charge is 0.0108 e. The van der Waals surface area contributed by atoms with Crippen molar-refractivity contribution in [1.29, 1.82) is 0 Å². The fourth-order valence-corrected chi connectivity index (χ4v) is 2.90. The molecule has 1 heterocycles. The van der Waals surface area contributed by atoms with Gasteiger partial charge in [-0.3, -0.25) is 0 Å². The maximum atomic E-state index is 3.20. The molecule has 1 N–H and O–H groups in total. The van der Waals surface area contributed by atoms with Crippen molar-refractivity contribution < 1.29 is 0 Å². The average molecular weight is 202 g/mol. The van der Waals surface area contributed by atoms with E-state index in [1.165, 1.54) is 37.3 Å². The van der Waals surface area contributed by atoms with Crippen molar-refractivity contribution in [2.45, 2.75) is 25.3 Å². The lowest BCUT2D eigenvalue weighted by Crippen LogP contribution is -2.36. The molecule has 0 aromatic heterocycles. The summed E-state index contributed by atoms with van der Waals surface area (Å²) in [5.41, 5.74) is 0. The first kappa shape index (κ1) is 11.3. The van der Waals surface area contributed by atoms with Gasteiger partial charge in [0, 0.05) is 6.04 Å². The van der Waals surface area contributed by atoms with Crippen LogP contribution < -0.4 is 5.32 Å². The van der Waals surface area contributed by atoms with E-state index in [1.54, 1.807) is 0 Å². The van der Waals surface area contributed by atoms with E-state index in [2.05, 4.69) is 29.0 Å². The van der Waals surface area contributed by atoms with Crippen molar-refractivity contribution in [3.63, 3.8) is 0 Å². The first-order valence-corrected chi connectivity index (χ1v) is 6.42. The second-order valence-electron chi connectivity index (χ2n) is 3.78. The molecular weight excluding hydrogens is 180 g/mol. The third-order valence-corrected chi connectivity index (χ3v) is 3.80. The Morgan fingerprint density at radius 3 is 2.69 bits per heavy atom. The third kappa shape index (κ3) is 4.34. The molecule has 13 heavy (non-hydrogen) atoms. The maximum absolute atomic E-state index is 3.20. The molecule has 0 atom stereocenters. The van der Waals surface area contributed by atoms with E-state index >= 15 is 0 Å². The number of rotatable bonds is 5. The van der Waals surface area contributed by atoms with Crippen molar-refractivity contribution in [2.75, 3.05) is 38.7 Å². The molecule has 0 radical (unpaired) electrons. The summed E-state index contributed by atoms with van der Waals surface area (Å²) in [6.45, 7) is 2.39. The molecule has 78 valence electrons. The van der Waals surface area contributed by atoms with Gasteiger partial charge in [0.2, 0.25) is 0 Å². The Morgan fingerprint density at radius 1 is 1.38 bits per heavy atom. The van der Waals surface area contributed by atoms with Crippen molar-refractivity contribution in [3.8, 4) is 0 Å². The Labute approximate surface area is 86.5 Å². The van der Waals surface area contributed by atoms with E-state index in [0.29, 0.717) is 0 Å². The summed E-state index contributed by atoms with van der Waals surface area (Å²) in [6.07, 6.45) is 4.05. The fraction of sp³-hybridized carbons (Fsp3) is 1.00. The van der Waals surface area contributed by atoms with Gasteiger partial charge in [0.15, 0.2) is 0 Å². The van der Waals surface area contributed by atoms with Crippen LogP contribution in [-0.4, -0.2) is 49.6 Å². The second-order valence-corrected chi connectivity index (χ2v) is 5.01. The Morgan fingerprint density at radius 2 is 2.08 bits per heavy atom. The molecule has 1 aliphatic rings. The van der Waals surface area contributed by atoms with Crippen LogP contribution in [0.5, 0.6) is 0 Å². The lowest BCUT2D eigenvalue weighted by molar-refractivity contribution is 0.226. The van der Waals surface area contributed by atoms with E-state index in [0.717, 1.165) is 12.6 Å². The van der Waals surface area contributed by atoms with Crippen LogP contribution in [0.1, 0.15) is 19.3 Å². The standard InChI is InChI=1S/C10H22N2S/c1-11-6-3-7-12(2)10-4-8-13-9-5-10/h10-11H,3-9H2,1-2H3. The van der Waals surface area contributed by atoms with Crippen molar-refractivity contribution in [2.24, 2.45) is 0 Å². The molecule has 0 aliphatic carbocycles. The first-order chi connectivity index (χ1) is 6.34. The van der Waals surface area contributed by atoms with Gasteiger partial charge in [-0.1, -0.05) is 0 Å². The SMILES string of the molecule is CNCCCN(C)C1CCSCC1. The van der Waals surface area contributed by atoms with Crippen LogP contribution in [0.3, 0.4) is 0 Å². The fourth-order valence-electron chi connectivity index (χ4n) is 1.81. The van der Waals surface area contributed by atoms with E-state index in [1.807, 2.05) is 7.05 Å². The third-order valence-electron chi connectivity index (χ3n) is 2.75. The highest BCUT2D eigenvalue weighted by molar-refractivity contribution is 7.99. The van der Waals surface area contributed by atoms with E-state index < -0.39 is 0 Å². The molecule has 0 bridgehead atoms. The topological polar surface area (TPSA) is 15.3 Å². The average Bonchev–Trinajstić information content (AvgIpc) is 2.19. The van der Waals surface area contributed by atoms with Crippen LogP contribution >= 0.6 is 11.8 Å². The lowest BCUT2D eigenvalue weighted by atomic mass is 10.1. The zero-order chi connectivity index (χ0) is 9.52. The Kier molecular flexibility index (Phi) is 5.83. The highest BCUT2D eigenvalue weighted by Crippen LogP contribution is 2.20. The normalized spacial score (nSPS) is 19.6. The summed E-state index contributed by atoms with van der Waals surface area (Å²) in [4.78, 5) is 2.54.